The zero-order valence-electron chi connectivity index (χ0n) is 13.3. The Balaban J connectivity index is 1.83. The number of aromatic nitrogens is 2. The predicted octanol–water partition coefficient (Wildman–Crippen LogP) is 1.41. The van der Waals surface area contributed by atoms with E-state index in [0.717, 1.165) is 61.0 Å². The molecule has 1 aromatic carbocycles. The average Bonchev–Trinajstić information content (AvgIpc) is 2.75. The minimum absolute atomic E-state index is 0.328. The van der Waals surface area contributed by atoms with E-state index < -0.39 is 0 Å². The number of nitrogens with zero attached hydrogens (tertiary/aromatic N) is 4. The molecular weight excluding hydrogens is 290 g/mol. The number of likely N-dealkylation sites (N-methyl/N-ethyl adjacent to an activating group) is 1. The molecule has 0 spiro atoms. The summed E-state index contributed by atoms with van der Waals surface area (Å²) in [6.07, 6.45) is 0.798. The molecule has 2 aliphatic rings. The summed E-state index contributed by atoms with van der Waals surface area (Å²) in [4.78, 5) is 13.8. The van der Waals surface area contributed by atoms with Crippen LogP contribution < -0.4 is 15.4 Å². The lowest BCUT2D eigenvalue weighted by Gasteiger charge is -2.34. The molecule has 0 radical (unpaired) electrons. The van der Waals surface area contributed by atoms with Crippen LogP contribution in [0.25, 0.3) is 11.3 Å². The van der Waals surface area contributed by atoms with E-state index in [1.807, 2.05) is 24.3 Å². The maximum Gasteiger partial charge on any atom is 0.222 e. The van der Waals surface area contributed by atoms with Gasteiger partial charge in [-0.1, -0.05) is 12.1 Å². The third kappa shape index (κ3) is 2.59. The Morgan fingerprint density at radius 1 is 1.09 bits per heavy atom. The number of nitrogen functional groups attached to an aromatic ring is 1. The van der Waals surface area contributed by atoms with Crippen molar-refractivity contribution in [3.8, 4) is 17.0 Å². The Labute approximate surface area is 135 Å². The molecule has 4 rings (SSSR count). The largest absolute Gasteiger partial charge is 0.493 e. The Morgan fingerprint density at radius 3 is 2.70 bits per heavy atom. The lowest BCUT2D eigenvalue weighted by Crippen LogP contribution is -2.45. The molecule has 6 nitrogen and oxygen atoms in total. The molecule has 23 heavy (non-hydrogen) atoms. The number of hydrogen-bond donors (Lipinski definition) is 1. The van der Waals surface area contributed by atoms with Crippen LogP contribution in [0.5, 0.6) is 5.75 Å². The number of para-hydroxylation sites is 1. The Hall–Kier alpha value is -2.34. The maximum absolute atomic E-state index is 6.02. The first kappa shape index (κ1) is 14.3. The van der Waals surface area contributed by atoms with E-state index in [1.54, 1.807) is 0 Å². The number of piperazine rings is 1. The first-order valence-electron chi connectivity index (χ1n) is 8.04. The molecule has 120 valence electrons. The van der Waals surface area contributed by atoms with Gasteiger partial charge in [-0.3, -0.25) is 0 Å². The number of benzene rings is 1. The minimum atomic E-state index is 0.328. The van der Waals surface area contributed by atoms with Gasteiger partial charge in [0.1, 0.15) is 11.6 Å². The Morgan fingerprint density at radius 2 is 1.87 bits per heavy atom. The summed E-state index contributed by atoms with van der Waals surface area (Å²) in [5, 5.41) is 0. The van der Waals surface area contributed by atoms with Crippen LogP contribution in [0.1, 0.15) is 5.56 Å². The van der Waals surface area contributed by atoms with Gasteiger partial charge in [0, 0.05) is 43.7 Å². The fraction of sp³-hybridized carbons (Fsp3) is 0.412. The number of ether oxygens (including phenoxy) is 1. The third-order valence-corrected chi connectivity index (χ3v) is 4.56. The summed E-state index contributed by atoms with van der Waals surface area (Å²) in [7, 11) is 2.15. The standard InChI is InChI=1S/C17H21N5O/c1-21-7-9-22(10-8-21)16-13-6-11-23-14-5-3-2-4-12(14)15(13)19-17(18)20-16/h2-5H,6-11H2,1H3,(H2,18,19,20). The first-order valence-corrected chi connectivity index (χ1v) is 8.04. The number of anilines is 2. The molecule has 0 aliphatic carbocycles. The molecule has 0 unspecified atom stereocenters. The third-order valence-electron chi connectivity index (χ3n) is 4.56. The average molecular weight is 311 g/mol. The van der Waals surface area contributed by atoms with E-state index in [4.69, 9.17) is 10.5 Å². The van der Waals surface area contributed by atoms with Crippen LogP contribution in [0.2, 0.25) is 0 Å². The molecule has 0 amide bonds. The van der Waals surface area contributed by atoms with Crippen LogP contribution in [0.4, 0.5) is 11.8 Å². The van der Waals surface area contributed by atoms with Gasteiger partial charge in [0.25, 0.3) is 0 Å². The second kappa shape index (κ2) is 5.70. The molecule has 0 bridgehead atoms. The van der Waals surface area contributed by atoms with Crippen LogP contribution in [0.3, 0.4) is 0 Å². The highest BCUT2D eigenvalue weighted by Gasteiger charge is 2.25. The fourth-order valence-corrected chi connectivity index (χ4v) is 3.27. The van der Waals surface area contributed by atoms with E-state index >= 15 is 0 Å². The molecule has 2 aromatic rings. The van der Waals surface area contributed by atoms with Crippen molar-refractivity contribution in [1.82, 2.24) is 14.9 Å². The van der Waals surface area contributed by atoms with E-state index in [0.29, 0.717) is 12.6 Å². The van der Waals surface area contributed by atoms with Crippen molar-refractivity contribution in [2.45, 2.75) is 6.42 Å². The monoisotopic (exact) mass is 311 g/mol. The van der Waals surface area contributed by atoms with Gasteiger partial charge in [-0.25, -0.2) is 4.98 Å². The van der Waals surface area contributed by atoms with Crippen LogP contribution in [-0.4, -0.2) is 54.7 Å². The molecule has 0 atom stereocenters. The molecule has 1 fully saturated rings. The van der Waals surface area contributed by atoms with Gasteiger partial charge in [-0.15, -0.1) is 0 Å². The van der Waals surface area contributed by atoms with Crippen molar-refractivity contribution in [3.05, 3.63) is 29.8 Å². The van der Waals surface area contributed by atoms with E-state index in [-0.39, 0.29) is 0 Å². The van der Waals surface area contributed by atoms with Crippen LogP contribution in [-0.2, 0) is 6.42 Å². The Bertz CT molecular complexity index is 725. The van der Waals surface area contributed by atoms with Gasteiger partial charge < -0.3 is 20.3 Å². The minimum Gasteiger partial charge on any atom is -0.493 e. The highest BCUT2D eigenvalue weighted by molar-refractivity contribution is 5.75. The maximum atomic E-state index is 6.02. The SMILES string of the molecule is CN1CCN(c2nc(N)nc3c2CCOc2ccccc2-3)CC1. The number of fused-ring (bicyclic) bond motifs is 3. The summed E-state index contributed by atoms with van der Waals surface area (Å²) < 4.78 is 5.89. The van der Waals surface area contributed by atoms with E-state index in [1.165, 1.54) is 0 Å². The van der Waals surface area contributed by atoms with Gasteiger partial charge in [-0.05, 0) is 19.2 Å². The number of nitrogens with two attached hydrogens (primary N) is 1. The molecule has 3 heterocycles. The number of rotatable bonds is 1. The summed E-state index contributed by atoms with van der Waals surface area (Å²) in [6, 6.07) is 8.01. The van der Waals surface area contributed by atoms with Crippen LogP contribution in [0.15, 0.2) is 24.3 Å². The molecule has 6 heteroatoms. The van der Waals surface area contributed by atoms with Crippen LogP contribution in [0, 0.1) is 0 Å². The quantitative estimate of drug-likeness (QED) is 0.859. The van der Waals surface area contributed by atoms with Crippen LogP contribution >= 0.6 is 0 Å². The van der Waals surface area contributed by atoms with Gasteiger partial charge in [0.05, 0.1) is 12.3 Å². The highest BCUT2D eigenvalue weighted by atomic mass is 16.5. The predicted molar refractivity (Wildman–Crippen MR) is 90.8 cm³/mol. The lowest BCUT2D eigenvalue weighted by molar-refractivity contribution is 0.310. The summed E-state index contributed by atoms with van der Waals surface area (Å²) >= 11 is 0. The zero-order chi connectivity index (χ0) is 15.8. The van der Waals surface area contributed by atoms with Crippen molar-refractivity contribution in [2.24, 2.45) is 0 Å². The lowest BCUT2D eigenvalue weighted by atomic mass is 10.0. The Kier molecular flexibility index (Phi) is 3.53. The summed E-state index contributed by atoms with van der Waals surface area (Å²) in [5.41, 5.74) is 9.09. The molecule has 2 N–H and O–H groups in total. The molecule has 1 saturated heterocycles. The van der Waals surface area contributed by atoms with Crippen molar-refractivity contribution in [2.75, 3.05) is 50.5 Å². The molecule has 2 aliphatic heterocycles. The van der Waals surface area contributed by atoms with Crippen molar-refractivity contribution in [1.29, 1.82) is 0 Å². The molecular formula is C17H21N5O. The smallest absolute Gasteiger partial charge is 0.222 e. The number of hydrogen-bond acceptors (Lipinski definition) is 6. The second-order valence-electron chi connectivity index (χ2n) is 6.12. The second-order valence-corrected chi connectivity index (χ2v) is 6.12. The van der Waals surface area contributed by atoms with Gasteiger partial charge in [0.2, 0.25) is 5.95 Å². The summed E-state index contributed by atoms with van der Waals surface area (Å²) in [6.45, 7) is 4.62. The van der Waals surface area contributed by atoms with Gasteiger partial charge >= 0.3 is 0 Å². The van der Waals surface area contributed by atoms with Crippen molar-refractivity contribution < 1.29 is 4.74 Å². The topological polar surface area (TPSA) is 67.5 Å². The normalized spacial score (nSPS) is 17.9. The van der Waals surface area contributed by atoms with Crippen molar-refractivity contribution in [3.63, 3.8) is 0 Å². The van der Waals surface area contributed by atoms with E-state index in [9.17, 15) is 0 Å². The summed E-state index contributed by atoms with van der Waals surface area (Å²) in [5.74, 6) is 2.17. The molecule has 0 saturated carbocycles. The van der Waals surface area contributed by atoms with Crippen molar-refractivity contribution >= 4 is 11.8 Å². The fourth-order valence-electron chi connectivity index (χ4n) is 3.27. The first-order chi connectivity index (χ1) is 11.2. The van der Waals surface area contributed by atoms with Gasteiger partial charge in [0.15, 0.2) is 0 Å². The molecule has 1 aromatic heterocycles. The zero-order valence-corrected chi connectivity index (χ0v) is 13.3. The van der Waals surface area contributed by atoms with Gasteiger partial charge in [-0.2, -0.15) is 4.98 Å². The highest BCUT2D eigenvalue weighted by Crippen LogP contribution is 2.37. The van der Waals surface area contributed by atoms with E-state index in [2.05, 4.69) is 26.8 Å².